The molecule has 1 amide bonds. The van der Waals surface area contributed by atoms with Gasteiger partial charge in [-0.2, -0.15) is 4.99 Å². The Balaban J connectivity index is 2.26. The molecule has 0 radical (unpaired) electrons. The summed E-state index contributed by atoms with van der Waals surface area (Å²) in [4.78, 5) is 15.6. The van der Waals surface area contributed by atoms with Crippen LogP contribution in [-0.4, -0.2) is 11.9 Å². The van der Waals surface area contributed by atoms with E-state index in [0.29, 0.717) is 0 Å². The molecule has 0 aromatic heterocycles. The Bertz CT molecular complexity index is 521. The van der Waals surface area contributed by atoms with Gasteiger partial charge in [0.15, 0.2) is 5.96 Å². The summed E-state index contributed by atoms with van der Waals surface area (Å²) in [5, 5.41) is 0. The largest absolute Gasteiger partial charge is 0.370 e. The van der Waals surface area contributed by atoms with Crippen LogP contribution in [0.25, 0.3) is 0 Å². The minimum atomic E-state index is -0.232. The van der Waals surface area contributed by atoms with Gasteiger partial charge in [0.1, 0.15) is 0 Å². The van der Waals surface area contributed by atoms with Gasteiger partial charge in [0, 0.05) is 10.4 Å². The Morgan fingerprint density at radius 2 is 2.06 bits per heavy atom. The van der Waals surface area contributed by atoms with E-state index >= 15 is 0 Å². The Labute approximate surface area is 115 Å². The molecule has 0 heterocycles. The maximum absolute atomic E-state index is 11.9. The fourth-order valence-electron chi connectivity index (χ4n) is 2.62. The Kier molecular flexibility index (Phi) is 3.19. The third-order valence-corrected chi connectivity index (χ3v) is 4.03. The quantitative estimate of drug-likeness (QED) is 0.647. The lowest BCUT2D eigenvalue weighted by molar-refractivity contribution is -0.119. The van der Waals surface area contributed by atoms with E-state index in [0.717, 1.165) is 10.0 Å². The van der Waals surface area contributed by atoms with Gasteiger partial charge >= 0.3 is 0 Å². The molecule has 1 saturated carbocycles. The van der Waals surface area contributed by atoms with Crippen LogP contribution in [0.2, 0.25) is 0 Å². The fraction of sp³-hybridized carbons (Fsp3) is 0.385. The third kappa shape index (κ3) is 2.27. The number of nitrogens with two attached hydrogens (primary N) is 2. The number of hydrogen-bond donors (Lipinski definition) is 2. The highest BCUT2D eigenvalue weighted by Gasteiger charge is 2.62. The third-order valence-electron chi connectivity index (χ3n) is 3.54. The van der Waals surface area contributed by atoms with E-state index < -0.39 is 0 Å². The molecule has 0 saturated heterocycles. The minimum Gasteiger partial charge on any atom is -0.370 e. The van der Waals surface area contributed by atoms with Gasteiger partial charge in [0.05, 0.1) is 5.92 Å². The molecule has 4 N–H and O–H groups in total. The molecule has 1 fully saturated rings. The number of halogens is 1. The lowest BCUT2D eigenvalue weighted by Crippen LogP contribution is -2.25. The molecule has 18 heavy (non-hydrogen) atoms. The van der Waals surface area contributed by atoms with E-state index in [1.165, 1.54) is 0 Å². The number of hydrogen-bond acceptors (Lipinski definition) is 1. The molecule has 96 valence electrons. The molecule has 1 aliphatic rings. The molecular formula is C13H16BrN3O. The van der Waals surface area contributed by atoms with Crippen molar-refractivity contribution < 1.29 is 4.79 Å². The van der Waals surface area contributed by atoms with Crippen molar-refractivity contribution in [3.05, 3.63) is 34.3 Å². The first-order chi connectivity index (χ1) is 8.34. The predicted octanol–water partition coefficient (Wildman–Crippen LogP) is 1.99. The van der Waals surface area contributed by atoms with E-state index in [1.807, 2.05) is 24.3 Å². The lowest BCUT2D eigenvalue weighted by Gasteiger charge is -2.02. The molecule has 2 unspecified atom stereocenters. The Morgan fingerprint density at radius 1 is 1.39 bits per heavy atom. The Hall–Kier alpha value is -1.36. The number of amides is 1. The highest BCUT2D eigenvalue weighted by atomic mass is 79.9. The van der Waals surface area contributed by atoms with E-state index in [2.05, 4.69) is 34.8 Å². The SMILES string of the molecule is CC1(C)C(C(=O)N=C(N)N)C1c1cccc(Br)c1. The number of benzene rings is 1. The number of guanidine groups is 1. The van der Waals surface area contributed by atoms with Gasteiger partial charge in [-0.1, -0.05) is 41.9 Å². The summed E-state index contributed by atoms with van der Waals surface area (Å²) in [7, 11) is 0. The topological polar surface area (TPSA) is 81.5 Å². The second-order valence-corrected chi connectivity index (χ2v) is 6.12. The zero-order chi connectivity index (χ0) is 13.5. The van der Waals surface area contributed by atoms with E-state index in [4.69, 9.17) is 11.5 Å². The maximum Gasteiger partial charge on any atom is 0.253 e. The summed E-state index contributed by atoms with van der Waals surface area (Å²) in [6.07, 6.45) is 0. The van der Waals surface area contributed by atoms with E-state index in [9.17, 15) is 4.79 Å². The number of rotatable bonds is 2. The van der Waals surface area contributed by atoms with Crippen molar-refractivity contribution in [2.45, 2.75) is 19.8 Å². The first-order valence-electron chi connectivity index (χ1n) is 5.73. The summed E-state index contributed by atoms with van der Waals surface area (Å²) in [5.74, 6) is -0.375. The highest BCUT2D eigenvalue weighted by molar-refractivity contribution is 9.10. The molecule has 5 heteroatoms. The number of aliphatic imine (C=N–C) groups is 1. The average Bonchev–Trinajstić information content (AvgIpc) is 2.80. The van der Waals surface area contributed by atoms with Crippen molar-refractivity contribution in [2.75, 3.05) is 0 Å². The van der Waals surface area contributed by atoms with Crippen LogP contribution < -0.4 is 11.5 Å². The predicted molar refractivity (Wildman–Crippen MR) is 75.0 cm³/mol. The summed E-state index contributed by atoms with van der Waals surface area (Å²) >= 11 is 3.44. The molecule has 0 spiro atoms. The summed E-state index contributed by atoms with van der Waals surface area (Å²) in [6.45, 7) is 4.12. The van der Waals surface area contributed by atoms with Gasteiger partial charge in [0.2, 0.25) is 0 Å². The first-order valence-corrected chi connectivity index (χ1v) is 6.52. The van der Waals surface area contributed by atoms with Gasteiger partial charge < -0.3 is 11.5 Å². The Morgan fingerprint density at radius 3 is 2.61 bits per heavy atom. The molecule has 4 nitrogen and oxygen atoms in total. The second kappa shape index (κ2) is 4.39. The number of nitrogens with zero attached hydrogens (tertiary/aromatic N) is 1. The van der Waals surface area contributed by atoms with Crippen molar-refractivity contribution in [3.63, 3.8) is 0 Å². The second-order valence-electron chi connectivity index (χ2n) is 5.21. The molecular weight excluding hydrogens is 294 g/mol. The van der Waals surface area contributed by atoms with Crippen LogP contribution in [0, 0.1) is 11.3 Å². The van der Waals surface area contributed by atoms with Crippen molar-refractivity contribution in [1.29, 1.82) is 0 Å². The van der Waals surface area contributed by atoms with Crippen molar-refractivity contribution in [2.24, 2.45) is 27.8 Å². The normalized spacial score (nSPS) is 24.4. The van der Waals surface area contributed by atoms with Crippen LogP contribution in [-0.2, 0) is 4.79 Å². The zero-order valence-corrected chi connectivity index (χ0v) is 11.9. The average molecular weight is 310 g/mol. The first kappa shape index (κ1) is 13.1. The van der Waals surface area contributed by atoms with Gasteiger partial charge in [-0.25, -0.2) is 0 Å². The summed E-state index contributed by atoms with van der Waals surface area (Å²) < 4.78 is 1.01. The molecule has 1 aromatic rings. The molecule has 1 aromatic carbocycles. The van der Waals surface area contributed by atoms with Crippen LogP contribution >= 0.6 is 15.9 Å². The highest BCUT2D eigenvalue weighted by Crippen LogP contribution is 2.64. The lowest BCUT2D eigenvalue weighted by atomic mass is 10.0. The van der Waals surface area contributed by atoms with Gasteiger partial charge in [0.25, 0.3) is 5.91 Å². The van der Waals surface area contributed by atoms with Gasteiger partial charge in [-0.15, -0.1) is 0 Å². The van der Waals surface area contributed by atoms with Gasteiger partial charge in [-0.3, -0.25) is 4.79 Å². The van der Waals surface area contributed by atoms with Crippen molar-refractivity contribution in [3.8, 4) is 0 Å². The van der Waals surface area contributed by atoms with Crippen LogP contribution in [0.5, 0.6) is 0 Å². The molecule has 0 aliphatic heterocycles. The van der Waals surface area contributed by atoms with E-state index in [-0.39, 0.29) is 29.1 Å². The molecule has 0 bridgehead atoms. The summed E-state index contributed by atoms with van der Waals surface area (Å²) in [6, 6.07) is 8.00. The van der Waals surface area contributed by atoms with Crippen molar-refractivity contribution >= 4 is 27.8 Å². The van der Waals surface area contributed by atoms with Gasteiger partial charge in [-0.05, 0) is 23.1 Å². The maximum atomic E-state index is 11.9. The number of carbonyl (C=O) groups excluding carboxylic acids is 1. The van der Waals surface area contributed by atoms with E-state index in [1.54, 1.807) is 0 Å². The molecule has 1 aliphatic carbocycles. The van der Waals surface area contributed by atoms with Crippen LogP contribution in [0.4, 0.5) is 0 Å². The smallest absolute Gasteiger partial charge is 0.253 e. The fourth-order valence-corrected chi connectivity index (χ4v) is 3.03. The van der Waals surface area contributed by atoms with Crippen molar-refractivity contribution in [1.82, 2.24) is 0 Å². The summed E-state index contributed by atoms with van der Waals surface area (Å²) in [5.41, 5.74) is 11.5. The standard InChI is InChI=1S/C13H16BrN3O/c1-13(2)9(7-4-3-5-8(14)6-7)10(13)11(18)17-12(15)16/h3-6,9-10H,1-2H3,(H4,15,16,17,18). The number of carbonyl (C=O) groups is 1. The minimum absolute atomic E-state index is 0.100. The van der Waals surface area contributed by atoms with Crippen LogP contribution in [0.1, 0.15) is 25.3 Å². The monoisotopic (exact) mass is 309 g/mol. The van der Waals surface area contributed by atoms with Crippen LogP contribution in [0.15, 0.2) is 33.7 Å². The molecule has 2 rings (SSSR count). The molecule has 2 atom stereocenters. The zero-order valence-electron chi connectivity index (χ0n) is 10.4. The van der Waals surface area contributed by atoms with Crippen LogP contribution in [0.3, 0.4) is 0 Å².